The average molecular weight is 454 g/mol. The lowest BCUT2D eigenvalue weighted by atomic mass is 9.93. The fraction of sp³-hybridized carbons (Fsp3) is 0.286. The van der Waals surface area contributed by atoms with Crippen molar-refractivity contribution in [3.05, 3.63) is 65.1 Å². The van der Waals surface area contributed by atoms with E-state index in [4.69, 9.17) is 16.1 Å². The Balaban J connectivity index is 1.16. The first kappa shape index (κ1) is 21.6. The molecule has 1 atom stereocenters. The van der Waals surface area contributed by atoms with Gasteiger partial charge in [0.05, 0.1) is 5.92 Å². The molecular weight excluding hydrogens is 434 g/mol. The molecule has 1 aliphatic carbocycles. The highest BCUT2D eigenvalue weighted by atomic mass is 35.5. The van der Waals surface area contributed by atoms with E-state index in [9.17, 15) is 9.59 Å². The Hall–Kier alpha value is -3.66. The van der Waals surface area contributed by atoms with Crippen LogP contribution in [0.15, 0.2) is 68.8 Å². The van der Waals surface area contributed by atoms with Crippen molar-refractivity contribution in [3.8, 4) is 11.4 Å². The minimum Gasteiger partial charge on any atom is -0.368 e. The molecule has 0 fully saturated rings. The number of nitrogens with zero attached hydrogens (tertiary/aromatic N) is 5. The van der Waals surface area contributed by atoms with Gasteiger partial charge < -0.3 is 15.2 Å². The summed E-state index contributed by atoms with van der Waals surface area (Å²) >= 11 is 5.77. The Morgan fingerprint density at radius 3 is 2.94 bits per heavy atom. The van der Waals surface area contributed by atoms with Crippen molar-refractivity contribution < 1.29 is 14.1 Å². The molecule has 0 aromatic carbocycles. The van der Waals surface area contributed by atoms with Gasteiger partial charge in [0.15, 0.2) is 5.82 Å². The molecule has 10 nitrogen and oxygen atoms in total. The molecule has 2 aromatic rings. The standard InChI is InChI=1S/C21H20ClN7O3/c22-16-7-6-13(12-25-16)19-26-18(32-29-19)9-8-17(30)23-10-3-11-24-20-14-4-1-2-5-15(14)21(31)28-27-20/h1-2,4-7,12,15,24H,3,8-11H2,(H,23,30). The summed E-state index contributed by atoms with van der Waals surface area (Å²) in [5, 5.41) is 18.0. The molecule has 2 amide bonds. The van der Waals surface area contributed by atoms with Crippen molar-refractivity contribution >= 4 is 23.4 Å². The molecular formula is C21H20ClN7O3. The number of hydrogen-bond acceptors (Lipinski definition) is 8. The zero-order chi connectivity index (χ0) is 22.3. The summed E-state index contributed by atoms with van der Waals surface area (Å²) in [7, 11) is 0. The lowest BCUT2D eigenvalue weighted by Gasteiger charge is -2.20. The topological polar surface area (TPSA) is 135 Å². The summed E-state index contributed by atoms with van der Waals surface area (Å²) in [6.45, 7) is 1.08. The van der Waals surface area contributed by atoms with Crippen LogP contribution in [0, 0.1) is 5.92 Å². The SMILES string of the molecule is O=C(CCc1nc(-c2ccc(Cl)nc2)no1)NCCCNC1=C2C=CC=CC2C(=O)N=N1. The number of carbonyl (C=O) groups is 2. The van der Waals surface area contributed by atoms with Crippen LogP contribution in [0.1, 0.15) is 18.7 Å². The second-order valence-electron chi connectivity index (χ2n) is 7.08. The number of halogens is 1. The Bertz CT molecular complexity index is 1120. The smallest absolute Gasteiger partial charge is 0.276 e. The number of allylic oxidation sites excluding steroid dienone is 3. The van der Waals surface area contributed by atoms with Crippen molar-refractivity contribution in [3.63, 3.8) is 0 Å². The molecule has 1 aliphatic heterocycles. The van der Waals surface area contributed by atoms with Gasteiger partial charge in [-0.05, 0) is 18.6 Å². The van der Waals surface area contributed by atoms with Crippen LogP contribution < -0.4 is 10.6 Å². The van der Waals surface area contributed by atoms with Crippen molar-refractivity contribution in [1.82, 2.24) is 25.8 Å². The van der Waals surface area contributed by atoms with Crippen LogP contribution in [-0.2, 0) is 16.0 Å². The molecule has 0 radical (unpaired) electrons. The van der Waals surface area contributed by atoms with E-state index in [0.717, 1.165) is 5.57 Å². The van der Waals surface area contributed by atoms with Gasteiger partial charge in [0.1, 0.15) is 5.15 Å². The van der Waals surface area contributed by atoms with Gasteiger partial charge in [-0.3, -0.25) is 9.59 Å². The first-order valence-electron chi connectivity index (χ1n) is 10.1. The third-order valence-electron chi connectivity index (χ3n) is 4.80. The van der Waals surface area contributed by atoms with E-state index < -0.39 is 0 Å². The highest BCUT2D eigenvalue weighted by molar-refractivity contribution is 6.29. The number of carbonyl (C=O) groups excluding carboxylic acids is 2. The van der Waals surface area contributed by atoms with Crippen LogP contribution in [0.3, 0.4) is 0 Å². The van der Waals surface area contributed by atoms with Gasteiger partial charge in [-0.25, -0.2) is 4.98 Å². The fourth-order valence-corrected chi connectivity index (χ4v) is 3.27. The van der Waals surface area contributed by atoms with E-state index in [1.807, 2.05) is 18.2 Å². The number of aromatic nitrogens is 3. The van der Waals surface area contributed by atoms with Gasteiger partial charge in [0.2, 0.25) is 17.6 Å². The summed E-state index contributed by atoms with van der Waals surface area (Å²) in [5.41, 5.74) is 1.50. The molecule has 1 unspecified atom stereocenters. The van der Waals surface area contributed by atoms with E-state index >= 15 is 0 Å². The van der Waals surface area contributed by atoms with E-state index in [0.29, 0.717) is 54.2 Å². The Morgan fingerprint density at radius 1 is 1.19 bits per heavy atom. The summed E-state index contributed by atoms with van der Waals surface area (Å²) in [6.07, 6.45) is 10.2. The van der Waals surface area contributed by atoms with Crippen LogP contribution >= 0.6 is 11.6 Å². The van der Waals surface area contributed by atoms with Crippen LogP contribution in [0.2, 0.25) is 5.15 Å². The quantitative estimate of drug-likeness (QED) is 0.440. The molecule has 0 saturated heterocycles. The third-order valence-corrected chi connectivity index (χ3v) is 5.02. The highest BCUT2D eigenvalue weighted by Crippen LogP contribution is 2.27. The fourth-order valence-electron chi connectivity index (χ4n) is 3.15. The van der Waals surface area contributed by atoms with Crippen LogP contribution in [0.4, 0.5) is 0 Å². The summed E-state index contributed by atoms with van der Waals surface area (Å²) < 4.78 is 5.19. The first-order chi connectivity index (χ1) is 15.6. The first-order valence-corrected chi connectivity index (χ1v) is 10.5. The largest absolute Gasteiger partial charge is 0.368 e. The van der Waals surface area contributed by atoms with Gasteiger partial charge in [-0.1, -0.05) is 41.1 Å². The molecule has 2 aromatic heterocycles. The van der Waals surface area contributed by atoms with Crippen molar-refractivity contribution in [2.45, 2.75) is 19.3 Å². The number of pyridine rings is 1. The molecule has 0 bridgehead atoms. The summed E-state index contributed by atoms with van der Waals surface area (Å²) in [6, 6.07) is 3.39. The van der Waals surface area contributed by atoms with Gasteiger partial charge in [-0.2, -0.15) is 4.98 Å². The van der Waals surface area contributed by atoms with E-state index in [2.05, 4.69) is 36.0 Å². The molecule has 3 heterocycles. The zero-order valence-corrected chi connectivity index (χ0v) is 17.7. The third kappa shape index (κ3) is 5.33. The van der Waals surface area contributed by atoms with Gasteiger partial charge in [-0.15, -0.1) is 10.2 Å². The Kier molecular flexibility index (Phi) is 6.81. The Morgan fingerprint density at radius 2 is 2.09 bits per heavy atom. The highest BCUT2D eigenvalue weighted by Gasteiger charge is 2.26. The minimum absolute atomic E-state index is 0.108. The maximum Gasteiger partial charge on any atom is 0.276 e. The normalized spacial score (nSPS) is 16.9. The molecule has 0 saturated carbocycles. The van der Waals surface area contributed by atoms with Crippen LogP contribution in [0.5, 0.6) is 0 Å². The number of nitrogens with one attached hydrogen (secondary N) is 2. The van der Waals surface area contributed by atoms with Crippen molar-refractivity contribution in [2.24, 2.45) is 16.1 Å². The number of hydrogen-bond donors (Lipinski definition) is 2. The zero-order valence-electron chi connectivity index (χ0n) is 17.0. The monoisotopic (exact) mass is 453 g/mol. The average Bonchev–Trinajstić information content (AvgIpc) is 3.28. The molecule has 32 heavy (non-hydrogen) atoms. The van der Waals surface area contributed by atoms with Gasteiger partial charge >= 0.3 is 0 Å². The molecule has 2 aliphatic rings. The molecule has 4 rings (SSSR count). The van der Waals surface area contributed by atoms with Crippen LogP contribution in [-0.4, -0.2) is 40.0 Å². The second kappa shape index (κ2) is 10.1. The van der Waals surface area contributed by atoms with Crippen molar-refractivity contribution in [2.75, 3.05) is 13.1 Å². The number of azo groups is 1. The maximum atomic E-state index is 12.1. The summed E-state index contributed by atoms with van der Waals surface area (Å²) in [5.74, 6) is 0.616. The predicted octanol–water partition coefficient (Wildman–Crippen LogP) is 2.76. The second-order valence-corrected chi connectivity index (χ2v) is 7.46. The summed E-state index contributed by atoms with van der Waals surface area (Å²) in [4.78, 5) is 32.1. The van der Waals surface area contributed by atoms with E-state index in [1.54, 1.807) is 24.4 Å². The number of amides is 2. The molecule has 11 heteroatoms. The van der Waals surface area contributed by atoms with Crippen LogP contribution in [0.25, 0.3) is 11.4 Å². The van der Waals surface area contributed by atoms with Gasteiger partial charge in [0.25, 0.3) is 5.91 Å². The van der Waals surface area contributed by atoms with Gasteiger partial charge in [0, 0.05) is 43.3 Å². The predicted molar refractivity (Wildman–Crippen MR) is 115 cm³/mol. The van der Waals surface area contributed by atoms with E-state index in [1.165, 1.54) is 0 Å². The van der Waals surface area contributed by atoms with Crippen molar-refractivity contribution in [1.29, 1.82) is 0 Å². The van der Waals surface area contributed by atoms with E-state index in [-0.39, 0.29) is 24.2 Å². The Labute approximate surface area is 188 Å². The minimum atomic E-state index is -0.374. The number of rotatable bonds is 9. The molecule has 2 N–H and O–H groups in total. The number of fused-ring (bicyclic) bond motifs is 1. The maximum absolute atomic E-state index is 12.1. The lowest BCUT2D eigenvalue weighted by Crippen LogP contribution is -2.28. The molecule has 164 valence electrons. The molecule has 0 spiro atoms. The number of aryl methyl sites for hydroxylation is 1. The lowest BCUT2D eigenvalue weighted by molar-refractivity contribution is -0.121.